The van der Waals surface area contributed by atoms with Crippen LogP contribution >= 0.6 is 0 Å². The first kappa shape index (κ1) is 16.5. The molecule has 0 aromatic carbocycles. The molecule has 0 heterocycles. The van der Waals surface area contributed by atoms with Gasteiger partial charge in [-0.25, -0.2) is 9.59 Å². The molecule has 0 saturated carbocycles. The fourth-order valence-corrected chi connectivity index (χ4v) is 1.62. The quantitative estimate of drug-likeness (QED) is 0.758. The van der Waals surface area contributed by atoms with Crippen LogP contribution in [-0.4, -0.2) is 43.4 Å². The van der Waals surface area contributed by atoms with E-state index in [0.29, 0.717) is 19.1 Å². The lowest BCUT2D eigenvalue weighted by Gasteiger charge is -2.26. The second kappa shape index (κ2) is 8.60. The lowest BCUT2D eigenvalue weighted by atomic mass is 9.99. The zero-order chi connectivity index (χ0) is 14.1. The second-order valence-corrected chi connectivity index (χ2v) is 4.46. The normalized spacial score (nSPS) is 13.6. The minimum Gasteiger partial charge on any atom is -0.450 e. The minimum atomic E-state index is -0.751. The molecule has 2 N–H and O–H groups in total. The van der Waals surface area contributed by atoms with E-state index < -0.39 is 6.09 Å². The van der Waals surface area contributed by atoms with Gasteiger partial charge in [0.1, 0.15) is 0 Å². The molecule has 0 fully saturated rings. The van der Waals surface area contributed by atoms with Gasteiger partial charge >= 0.3 is 12.2 Å². The number of carbonyl (C=O) groups excluding carboxylic acids is 2. The van der Waals surface area contributed by atoms with Crippen molar-refractivity contribution in [2.45, 2.75) is 39.7 Å². The fraction of sp³-hybridized carbons (Fsp3) is 0.833. The van der Waals surface area contributed by atoms with Gasteiger partial charge in [-0.05, 0) is 32.6 Å². The van der Waals surface area contributed by atoms with Crippen LogP contribution < -0.4 is 5.73 Å². The first-order valence-electron chi connectivity index (χ1n) is 6.20. The molecule has 18 heavy (non-hydrogen) atoms. The molecule has 2 unspecified atom stereocenters. The highest BCUT2D eigenvalue weighted by atomic mass is 16.6. The van der Waals surface area contributed by atoms with Crippen LogP contribution in [0.5, 0.6) is 0 Å². The van der Waals surface area contributed by atoms with E-state index in [1.807, 2.05) is 13.8 Å². The molecular formula is C12H24N2O4. The summed E-state index contributed by atoms with van der Waals surface area (Å²) < 4.78 is 9.59. The van der Waals surface area contributed by atoms with Gasteiger partial charge in [0.05, 0.1) is 13.2 Å². The molecule has 106 valence electrons. The molecule has 0 aliphatic heterocycles. The zero-order valence-electron chi connectivity index (χ0n) is 11.6. The molecule has 2 atom stereocenters. The zero-order valence-corrected chi connectivity index (χ0v) is 11.6. The lowest BCUT2D eigenvalue weighted by Crippen LogP contribution is -2.36. The van der Waals surface area contributed by atoms with Crippen molar-refractivity contribution in [1.82, 2.24) is 4.90 Å². The molecular weight excluding hydrogens is 236 g/mol. The third-order valence-electron chi connectivity index (χ3n) is 2.82. The largest absolute Gasteiger partial charge is 0.450 e. The summed E-state index contributed by atoms with van der Waals surface area (Å²) in [5.74, 6) is 0.330. The average molecular weight is 260 g/mol. The van der Waals surface area contributed by atoms with Crippen LogP contribution in [-0.2, 0) is 9.47 Å². The van der Waals surface area contributed by atoms with Gasteiger partial charge in [-0.15, -0.1) is 0 Å². The van der Waals surface area contributed by atoms with Crippen LogP contribution in [0.1, 0.15) is 33.6 Å². The van der Waals surface area contributed by atoms with Crippen LogP contribution in [0.2, 0.25) is 0 Å². The van der Waals surface area contributed by atoms with Crippen molar-refractivity contribution in [3.63, 3.8) is 0 Å². The van der Waals surface area contributed by atoms with Gasteiger partial charge in [0.2, 0.25) is 0 Å². The third kappa shape index (κ3) is 6.98. The van der Waals surface area contributed by atoms with Crippen molar-refractivity contribution in [2.75, 3.05) is 20.3 Å². The highest BCUT2D eigenvalue weighted by Gasteiger charge is 2.18. The van der Waals surface area contributed by atoms with E-state index >= 15 is 0 Å². The first-order chi connectivity index (χ1) is 8.38. The summed E-state index contributed by atoms with van der Waals surface area (Å²) in [7, 11) is 1.72. The number of hydrogen-bond donors (Lipinski definition) is 1. The molecule has 0 spiro atoms. The van der Waals surface area contributed by atoms with E-state index in [9.17, 15) is 9.59 Å². The van der Waals surface area contributed by atoms with E-state index in [0.717, 1.165) is 12.8 Å². The number of hydrogen-bond acceptors (Lipinski definition) is 4. The molecule has 0 aromatic rings. The Morgan fingerprint density at radius 3 is 2.39 bits per heavy atom. The molecule has 0 bridgehead atoms. The molecule has 2 amide bonds. The highest BCUT2D eigenvalue weighted by Crippen LogP contribution is 2.14. The lowest BCUT2D eigenvalue weighted by molar-refractivity contribution is 0.0982. The molecule has 6 nitrogen and oxygen atoms in total. The van der Waals surface area contributed by atoms with Gasteiger partial charge in [-0.1, -0.05) is 6.92 Å². The van der Waals surface area contributed by atoms with Gasteiger partial charge in [0.25, 0.3) is 0 Å². The van der Waals surface area contributed by atoms with Crippen LogP contribution in [0.4, 0.5) is 9.59 Å². The van der Waals surface area contributed by atoms with Gasteiger partial charge < -0.3 is 20.1 Å². The highest BCUT2D eigenvalue weighted by molar-refractivity contribution is 5.67. The van der Waals surface area contributed by atoms with Crippen molar-refractivity contribution in [2.24, 2.45) is 11.7 Å². The van der Waals surface area contributed by atoms with E-state index in [1.165, 1.54) is 0 Å². The Labute approximate surface area is 108 Å². The van der Waals surface area contributed by atoms with Crippen molar-refractivity contribution in [3.8, 4) is 0 Å². The van der Waals surface area contributed by atoms with Crippen LogP contribution in [0.15, 0.2) is 0 Å². The number of ether oxygens (including phenoxy) is 2. The van der Waals surface area contributed by atoms with Crippen LogP contribution in [0.3, 0.4) is 0 Å². The standard InChI is InChI=1S/C12H24N2O4/c1-5-17-12(16)14(4)10(3)8-9(2)6-7-18-11(13)15/h9-10H,5-8H2,1-4H3,(H2,13,15). The van der Waals surface area contributed by atoms with Crippen molar-refractivity contribution in [1.29, 1.82) is 0 Å². The molecule has 0 aromatic heterocycles. The van der Waals surface area contributed by atoms with Gasteiger partial charge in [-0.2, -0.15) is 0 Å². The van der Waals surface area contributed by atoms with Crippen LogP contribution in [0.25, 0.3) is 0 Å². The van der Waals surface area contributed by atoms with Crippen molar-refractivity contribution < 1.29 is 19.1 Å². The molecule has 6 heteroatoms. The van der Waals surface area contributed by atoms with Crippen molar-refractivity contribution >= 4 is 12.2 Å². The summed E-state index contributed by atoms with van der Waals surface area (Å²) in [5.41, 5.74) is 4.87. The molecule has 0 saturated heterocycles. The summed E-state index contributed by atoms with van der Waals surface area (Å²) >= 11 is 0. The smallest absolute Gasteiger partial charge is 0.409 e. The van der Waals surface area contributed by atoms with E-state index in [2.05, 4.69) is 4.74 Å². The SMILES string of the molecule is CCOC(=O)N(C)C(C)CC(C)CCOC(N)=O. The van der Waals surface area contributed by atoms with E-state index in [-0.39, 0.29) is 12.1 Å². The summed E-state index contributed by atoms with van der Waals surface area (Å²) in [6, 6.07) is 0.0765. The Morgan fingerprint density at radius 1 is 1.28 bits per heavy atom. The molecule has 0 rings (SSSR count). The van der Waals surface area contributed by atoms with Crippen molar-refractivity contribution in [3.05, 3.63) is 0 Å². The average Bonchev–Trinajstić information content (AvgIpc) is 2.27. The van der Waals surface area contributed by atoms with Gasteiger partial charge in [-0.3, -0.25) is 0 Å². The third-order valence-corrected chi connectivity index (χ3v) is 2.82. The monoisotopic (exact) mass is 260 g/mol. The van der Waals surface area contributed by atoms with E-state index in [4.69, 9.17) is 10.5 Å². The Balaban J connectivity index is 3.94. The van der Waals surface area contributed by atoms with E-state index in [1.54, 1.807) is 18.9 Å². The second-order valence-electron chi connectivity index (χ2n) is 4.46. The predicted molar refractivity (Wildman–Crippen MR) is 68.2 cm³/mol. The molecule has 0 radical (unpaired) electrons. The number of nitrogens with zero attached hydrogens (tertiary/aromatic N) is 1. The Bertz CT molecular complexity index is 271. The fourth-order valence-electron chi connectivity index (χ4n) is 1.62. The number of primary amides is 1. The maximum Gasteiger partial charge on any atom is 0.409 e. The Morgan fingerprint density at radius 2 is 1.89 bits per heavy atom. The summed E-state index contributed by atoms with van der Waals surface area (Å²) in [4.78, 5) is 23.5. The Hall–Kier alpha value is -1.46. The summed E-state index contributed by atoms with van der Waals surface area (Å²) in [6.07, 6.45) is 0.478. The summed E-state index contributed by atoms with van der Waals surface area (Å²) in [6.45, 7) is 6.46. The van der Waals surface area contributed by atoms with Gasteiger partial charge in [0.15, 0.2) is 0 Å². The maximum absolute atomic E-state index is 11.5. The summed E-state index contributed by atoms with van der Waals surface area (Å²) in [5, 5.41) is 0. The molecule has 0 aliphatic carbocycles. The Kier molecular flexibility index (Phi) is 7.91. The topological polar surface area (TPSA) is 81.9 Å². The van der Waals surface area contributed by atoms with Crippen LogP contribution in [0, 0.1) is 5.92 Å². The minimum absolute atomic E-state index is 0.0765. The number of amides is 2. The molecule has 0 aliphatic rings. The number of rotatable bonds is 7. The number of nitrogens with two attached hydrogens (primary N) is 1. The van der Waals surface area contributed by atoms with Gasteiger partial charge in [0, 0.05) is 13.1 Å². The first-order valence-corrected chi connectivity index (χ1v) is 6.20. The number of carbonyl (C=O) groups is 2. The predicted octanol–water partition coefficient (Wildman–Crippen LogP) is 1.97. The maximum atomic E-state index is 11.5.